The molecule has 1 saturated heterocycles. The van der Waals surface area contributed by atoms with Gasteiger partial charge in [-0.15, -0.1) is 0 Å². The Morgan fingerprint density at radius 2 is 1.75 bits per heavy atom. The number of hydrogen-bond acceptors (Lipinski definition) is 7. The topological polar surface area (TPSA) is 238 Å². The van der Waals surface area contributed by atoms with E-state index in [0.717, 1.165) is 10.9 Å². The molecular formula is C26H34N6O8. The van der Waals surface area contributed by atoms with E-state index in [1.54, 1.807) is 6.20 Å². The molecule has 4 atom stereocenters. The highest BCUT2D eigenvalue weighted by Gasteiger charge is 2.39. The predicted molar refractivity (Wildman–Crippen MR) is 142 cm³/mol. The number of aliphatic carboxylic acids is 2. The van der Waals surface area contributed by atoms with Gasteiger partial charge in [0.2, 0.25) is 23.6 Å². The molecule has 1 aromatic heterocycles. The second-order valence-electron chi connectivity index (χ2n) is 9.76. The van der Waals surface area contributed by atoms with Gasteiger partial charge in [0.05, 0.1) is 6.04 Å². The molecule has 0 radical (unpaired) electrons. The molecule has 14 heteroatoms. The first-order valence-corrected chi connectivity index (χ1v) is 12.9. The minimum absolute atomic E-state index is 0.00619. The summed E-state index contributed by atoms with van der Waals surface area (Å²) in [5.41, 5.74) is 12.4. The quantitative estimate of drug-likeness (QED) is 0.154. The summed E-state index contributed by atoms with van der Waals surface area (Å²) in [5, 5.41) is 24.7. The van der Waals surface area contributed by atoms with Gasteiger partial charge in [-0.2, -0.15) is 0 Å². The smallest absolute Gasteiger partial charge is 0.326 e. The van der Waals surface area contributed by atoms with Crippen molar-refractivity contribution >= 4 is 46.5 Å². The number of carbonyl (C=O) groups is 6. The maximum Gasteiger partial charge on any atom is 0.326 e. The lowest BCUT2D eigenvalue weighted by Gasteiger charge is -2.30. The van der Waals surface area contributed by atoms with Crippen molar-refractivity contribution in [2.24, 2.45) is 11.5 Å². The Morgan fingerprint density at radius 1 is 1.02 bits per heavy atom. The molecule has 14 nitrogen and oxygen atoms in total. The van der Waals surface area contributed by atoms with Crippen LogP contribution in [0.15, 0.2) is 30.5 Å². The highest BCUT2D eigenvalue weighted by molar-refractivity contribution is 5.95. The van der Waals surface area contributed by atoms with Crippen LogP contribution in [0, 0.1) is 0 Å². The molecule has 0 saturated carbocycles. The number of primary amides is 1. The maximum atomic E-state index is 13.4. The standard InChI is InChI=1S/C26H34N6O8/c27-16(7-9-21(28)33)23(36)30-18(8-10-22(34)35)25(38)32-11-3-6-20(32)24(37)31-19(26(39)40)12-14-13-29-17-5-2-1-4-15(14)17/h1-2,4-5,13,16,18-20,29H,3,6-12,27H2,(H2,28,33)(H,30,36)(H,31,37)(H,34,35)(H,39,40). The SMILES string of the molecule is NC(=O)CCC(N)C(=O)NC(CCC(=O)O)C(=O)N1CCCC1C(=O)NC(Cc1c[nH]c2ccccc12)C(=O)O. The number of carbonyl (C=O) groups excluding carboxylic acids is 4. The summed E-state index contributed by atoms with van der Waals surface area (Å²) >= 11 is 0. The summed E-state index contributed by atoms with van der Waals surface area (Å²) < 4.78 is 0. The van der Waals surface area contributed by atoms with Gasteiger partial charge in [-0.05, 0) is 37.3 Å². The number of H-pyrrole nitrogens is 1. The Labute approximate surface area is 229 Å². The van der Waals surface area contributed by atoms with Gasteiger partial charge in [-0.3, -0.25) is 24.0 Å². The fraction of sp³-hybridized carbons (Fsp3) is 0.462. The summed E-state index contributed by atoms with van der Waals surface area (Å²) in [5.74, 6) is -5.21. The fourth-order valence-electron chi connectivity index (χ4n) is 4.72. The van der Waals surface area contributed by atoms with Crippen LogP contribution in [-0.2, 0) is 35.2 Å². The molecular weight excluding hydrogens is 524 g/mol. The van der Waals surface area contributed by atoms with Crippen LogP contribution in [0.5, 0.6) is 0 Å². The van der Waals surface area contributed by atoms with E-state index < -0.39 is 66.2 Å². The van der Waals surface area contributed by atoms with E-state index in [2.05, 4.69) is 15.6 Å². The predicted octanol–water partition coefficient (Wildman–Crippen LogP) is -0.787. The van der Waals surface area contributed by atoms with Crippen molar-refractivity contribution < 1.29 is 39.0 Å². The molecule has 1 aliphatic heterocycles. The van der Waals surface area contributed by atoms with Crippen molar-refractivity contribution in [1.29, 1.82) is 0 Å². The monoisotopic (exact) mass is 558 g/mol. The van der Waals surface area contributed by atoms with Crippen LogP contribution in [0.4, 0.5) is 0 Å². The van der Waals surface area contributed by atoms with E-state index >= 15 is 0 Å². The first-order chi connectivity index (χ1) is 19.0. The molecule has 1 fully saturated rings. The van der Waals surface area contributed by atoms with E-state index in [1.165, 1.54) is 4.90 Å². The second-order valence-corrected chi connectivity index (χ2v) is 9.76. The number of hydrogen-bond donors (Lipinski definition) is 7. The number of likely N-dealkylation sites (tertiary alicyclic amines) is 1. The van der Waals surface area contributed by atoms with Crippen LogP contribution in [0.3, 0.4) is 0 Å². The van der Waals surface area contributed by atoms with Gasteiger partial charge < -0.3 is 42.2 Å². The molecule has 4 unspecified atom stereocenters. The number of nitrogens with zero attached hydrogens (tertiary/aromatic N) is 1. The maximum absolute atomic E-state index is 13.4. The zero-order valence-electron chi connectivity index (χ0n) is 21.8. The number of para-hydroxylation sites is 1. The minimum Gasteiger partial charge on any atom is -0.481 e. The van der Waals surface area contributed by atoms with Crippen LogP contribution in [0.2, 0.25) is 0 Å². The number of nitrogens with one attached hydrogen (secondary N) is 3. The third-order valence-electron chi connectivity index (χ3n) is 6.85. The summed E-state index contributed by atoms with van der Waals surface area (Å²) in [6, 6.07) is 2.61. The van der Waals surface area contributed by atoms with Crippen molar-refractivity contribution in [2.75, 3.05) is 6.54 Å². The average molecular weight is 559 g/mol. The molecule has 2 aromatic rings. The average Bonchev–Trinajstić information content (AvgIpc) is 3.56. The van der Waals surface area contributed by atoms with Crippen LogP contribution in [-0.4, -0.2) is 86.4 Å². The number of rotatable bonds is 14. The first kappa shape index (κ1) is 30.1. The molecule has 3 rings (SSSR count). The van der Waals surface area contributed by atoms with E-state index in [0.29, 0.717) is 12.0 Å². The van der Waals surface area contributed by atoms with E-state index in [-0.39, 0.29) is 38.6 Å². The normalized spacial score (nSPS) is 17.1. The third kappa shape index (κ3) is 7.79. The fourth-order valence-corrected chi connectivity index (χ4v) is 4.72. The van der Waals surface area contributed by atoms with Crippen LogP contribution in [0.25, 0.3) is 10.9 Å². The molecule has 2 heterocycles. The molecule has 0 bridgehead atoms. The van der Waals surface area contributed by atoms with Gasteiger partial charge in [-0.1, -0.05) is 18.2 Å². The van der Waals surface area contributed by atoms with Gasteiger partial charge >= 0.3 is 11.9 Å². The van der Waals surface area contributed by atoms with Gasteiger partial charge in [0.25, 0.3) is 0 Å². The molecule has 0 aliphatic carbocycles. The van der Waals surface area contributed by atoms with Crippen LogP contribution >= 0.6 is 0 Å². The Hall–Kier alpha value is -4.46. The third-order valence-corrected chi connectivity index (χ3v) is 6.85. The lowest BCUT2D eigenvalue weighted by molar-refractivity contribution is -0.145. The van der Waals surface area contributed by atoms with Crippen molar-refractivity contribution in [2.45, 2.75) is 69.1 Å². The van der Waals surface area contributed by atoms with Crippen molar-refractivity contribution in [3.8, 4) is 0 Å². The van der Waals surface area contributed by atoms with E-state index in [1.807, 2.05) is 24.3 Å². The summed E-state index contributed by atoms with van der Waals surface area (Å²) in [7, 11) is 0. The highest BCUT2D eigenvalue weighted by atomic mass is 16.4. The summed E-state index contributed by atoms with van der Waals surface area (Å²) in [4.78, 5) is 77.7. The van der Waals surface area contributed by atoms with Gasteiger partial charge in [0.1, 0.15) is 18.1 Å². The zero-order chi connectivity index (χ0) is 29.4. The summed E-state index contributed by atoms with van der Waals surface area (Å²) in [6.07, 6.45) is 1.47. The highest BCUT2D eigenvalue weighted by Crippen LogP contribution is 2.22. The second kappa shape index (κ2) is 13.6. The Balaban J connectivity index is 1.71. The van der Waals surface area contributed by atoms with Crippen molar-refractivity contribution in [1.82, 2.24) is 20.5 Å². The van der Waals surface area contributed by atoms with Gasteiger partial charge in [0, 0.05) is 42.9 Å². The van der Waals surface area contributed by atoms with E-state index in [4.69, 9.17) is 16.6 Å². The largest absolute Gasteiger partial charge is 0.481 e. The van der Waals surface area contributed by atoms with Crippen LogP contribution in [0.1, 0.15) is 44.1 Å². The molecule has 4 amide bonds. The Kier molecular flexibility index (Phi) is 10.2. The zero-order valence-corrected chi connectivity index (χ0v) is 21.8. The van der Waals surface area contributed by atoms with E-state index in [9.17, 15) is 33.9 Å². The lowest BCUT2D eigenvalue weighted by Crippen LogP contribution is -2.57. The van der Waals surface area contributed by atoms with Crippen LogP contribution < -0.4 is 22.1 Å². The summed E-state index contributed by atoms with van der Waals surface area (Å²) in [6.45, 7) is 0.157. The minimum atomic E-state index is -1.29. The number of aromatic amines is 1. The number of nitrogens with two attached hydrogens (primary N) is 2. The number of carboxylic acids is 2. The number of aromatic nitrogens is 1. The van der Waals surface area contributed by atoms with Crippen molar-refractivity contribution in [3.05, 3.63) is 36.0 Å². The lowest BCUT2D eigenvalue weighted by atomic mass is 10.0. The molecule has 216 valence electrons. The first-order valence-electron chi connectivity index (χ1n) is 12.9. The number of carboxylic acid groups (broad SMARTS) is 2. The number of fused-ring (bicyclic) bond motifs is 1. The van der Waals surface area contributed by atoms with Gasteiger partial charge in [0.15, 0.2) is 0 Å². The molecule has 1 aromatic carbocycles. The number of benzene rings is 1. The molecule has 1 aliphatic rings. The molecule has 9 N–H and O–H groups in total. The number of amides is 4. The van der Waals surface area contributed by atoms with Crippen molar-refractivity contribution in [3.63, 3.8) is 0 Å². The Morgan fingerprint density at radius 3 is 2.42 bits per heavy atom. The molecule has 40 heavy (non-hydrogen) atoms. The molecule has 0 spiro atoms. The van der Waals surface area contributed by atoms with Gasteiger partial charge in [-0.25, -0.2) is 4.79 Å². The Bertz CT molecular complexity index is 1280.